The van der Waals surface area contributed by atoms with Gasteiger partial charge in [0.05, 0.1) is 12.2 Å². The van der Waals surface area contributed by atoms with Crippen LogP contribution < -0.4 is 14.4 Å². The van der Waals surface area contributed by atoms with Gasteiger partial charge in [0.1, 0.15) is 23.9 Å². The van der Waals surface area contributed by atoms with Crippen LogP contribution in [0.4, 0.5) is 10.1 Å². The molecule has 0 aliphatic carbocycles. The molecule has 0 radical (unpaired) electrons. The van der Waals surface area contributed by atoms with Gasteiger partial charge in [-0.05, 0) is 55.3 Å². The number of para-hydroxylation sites is 2. The Labute approximate surface area is 204 Å². The zero-order valence-corrected chi connectivity index (χ0v) is 19.9. The van der Waals surface area contributed by atoms with Gasteiger partial charge >= 0.3 is 5.97 Å². The molecule has 0 saturated heterocycles. The lowest BCUT2D eigenvalue weighted by atomic mass is 9.87. The number of hydrogen-bond donors (Lipinski definition) is 1. The highest BCUT2D eigenvalue weighted by Gasteiger charge is 2.40. The number of ether oxygens (including phenoxy) is 3. The van der Waals surface area contributed by atoms with Gasteiger partial charge in [0.2, 0.25) is 0 Å². The lowest BCUT2D eigenvalue weighted by molar-refractivity contribution is -0.165. The smallest absolute Gasteiger partial charge is 0.336 e. The molecule has 0 spiro atoms. The molecule has 35 heavy (non-hydrogen) atoms. The van der Waals surface area contributed by atoms with E-state index in [-0.39, 0.29) is 25.7 Å². The summed E-state index contributed by atoms with van der Waals surface area (Å²) in [5.74, 6) is -0.0696. The van der Waals surface area contributed by atoms with E-state index in [0.29, 0.717) is 24.5 Å². The highest BCUT2D eigenvalue weighted by molar-refractivity contribution is 5.78. The number of halogens is 1. The third-order valence-electron chi connectivity index (χ3n) is 6.17. The predicted molar refractivity (Wildman–Crippen MR) is 132 cm³/mol. The average molecular weight is 480 g/mol. The summed E-state index contributed by atoms with van der Waals surface area (Å²) >= 11 is 0. The van der Waals surface area contributed by atoms with Gasteiger partial charge in [-0.15, -0.1) is 0 Å². The van der Waals surface area contributed by atoms with Gasteiger partial charge in [0.25, 0.3) is 0 Å². The molecule has 0 bridgehead atoms. The topological polar surface area (TPSA) is 68.2 Å². The first-order chi connectivity index (χ1) is 16.9. The maximum absolute atomic E-state index is 14.3. The zero-order chi connectivity index (χ0) is 24.8. The maximum atomic E-state index is 14.3. The Kier molecular flexibility index (Phi) is 7.56. The number of carboxylic acid groups (broad SMARTS) is 1. The fraction of sp³-hybridized carbons (Fsp3) is 0.321. The van der Waals surface area contributed by atoms with Crippen molar-refractivity contribution < 1.29 is 28.5 Å². The third-order valence-corrected chi connectivity index (χ3v) is 6.17. The standard InChI is InChI=1S/C28H30FNO5/c1-3-34-28(27(31)32,19-22-8-4-5-9-24(22)29)18-21-12-14-23(15-13-21)35-20(2)30-16-17-33-26-11-7-6-10-25(26)30/h4-15,20H,3,16-19H2,1-2H3,(H,31,32). The van der Waals surface area contributed by atoms with Crippen LogP contribution in [-0.4, -0.2) is 42.7 Å². The Bertz CT molecular complexity index is 1150. The van der Waals surface area contributed by atoms with Crippen LogP contribution in [0.3, 0.4) is 0 Å². The van der Waals surface area contributed by atoms with Gasteiger partial charge in [-0.1, -0.05) is 42.5 Å². The fourth-order valence-electron chi connectivity index (χ4n) is 4.45. The summed E-state index contributed by atoms with van der Waals surface area (Å²) in [6.07, 6.45) is -0.209. The SMILES string of the molecule is CCOC(Cc1ccc(OC(C)N2CCOc3ccccc32)cc1)(Cc1ccccc1F)C(=O)O. The first-order valence-electron chi connectivity index (χ1n) is 11.8. The molecule has 0 aromatic heterocycles. The molecule has 6 nitrogen and oxygen atoms in total. The number of hydrogen-bond acceptors (Lipinski definition) is 5. The summed E-state index contributed by atoms with van der Waals surface area (Å²) in [6, 6.07) is 21.3. The highest BCUT2D eigenvalue weighted by atomic mass is 19.1. The van der Waals surface area contributed by atoms with E-state index in [4.69, 9.17) is 14.2 Å². The largest absolute Gasteiger partial charge is 0.490 e. The Balaban J connectivity index is 1.49. The number of benzene rings is 3. The minimum atomic E-state index is -1.58. The number of fused-ring (bicyclic) bond motifs is 1. The number of aliphatic carboxylic acids is 1. The monoisotopic (exact) mass is 479 g/mol. The minimum Gasteiger partial charge on any atom is -0.490 e. The summed E-state index contributed by atoms with van der Waals surface area (Å²) in [6.45, 7) is 5.21. The molecule has 3 aromatic rings. The van der Waals surface area contributed by atoms with Gasteiger partial charge < -0.3 is 24.2 Å². The van der Waals surface area contributed by atoms with Crippen LogP contribution in [0.25, 0.3) is 0 Å². The van der Waals surface area contributed by atoms with Crippen molar-refractivity contribution in [2.75, 3.05) is 24.7 Å². The van der Waals surface area contributed by atoms with Crippen molar-refractivity contribution in [3.05, 3.63) is 89.7 Å². The Morgan fingerprint density at radius 1 is 1.09 bits per heavy atom. The van der Waals surface area contributed by atoms with E-state index in [1.165, 1.54) is 6.07 Å². The molecule has 4 rings (SSSR count). The summed E-state index contributed by atoms with van der Waals surface area (Å²) < 4.78 is 32.0. The molecule has 0 saturated carbocycles. The van der Waals surface area contributed by atoms with E-state index in [2.05, 4.69) is 4.90 Å². The van der Waals surface area contributed by atoms with Crippen LogP contribution >= 0.6 is 0 Å². The molecule has 1 aliphatic rings. The van der Waals surface area contributed by atoms with Gasteiger partial charge in [-0.3, -0.25) is 0 Å². The van der Waals surface area contributed by atoms with Crippen molar-refractivity contribution in [3.8, 4) is 11.5 Å². The fourth-order valence-corrected chi connectivity index (χ4v) is 4.45. The van der Waals surface area contributed by atoms with Crippen molar-refractivity contribution in [2.24, 2.45) is 0 Å². The molecule has 2 unspecified atom stereocenters. The lowest BCUT2D eigenvalue weighted by Crippen LogP contribution is -2.46. The average Bonchev–Trinajstić information content (AvgIpc) is 2.86. The van der Waals surface area contributed by atoms with Gasteiger partial charge in [-0.25, -0.2) is 9.18 Å². The number of anilines is 1. The molecular weight excluding hydrogens is 449 g/mol. The molecule has 1 heterocycles. The molecule has 0 fully saturated rings. The van der Waals surface area contributed by atoms with E-state index in [9.17, 15) is 14.3 Å². The van der Waals surface area contributed by atoms with Crippen molar-refractivity contribution in [1.29, 1.82) is 0 Å². The second-order valence-corrected chi connectivity index (χ2v) is 8.55. The van der Waals surface area contributed by atoms with Crippen molar-refractivity contribution >= 4 is 11.7 Å². The highest BCUT2D eigenvalue weighted by Crippen LogP contribution is 2.33. The molecule has 184 valence electrons. The first-order valence-corrected chi connectivity index (χ1v) is 11.8. The maximum Gasteiger partial charge on any atom is 0.336 e. The number of rotatable bonds is 10. The lowest BCUT2D eigenvalue weighted by Gasteiger charge is -2.35. The molecular formula is C28H30FNO5. The van der Waals surface area contributed by atoms with E-state index < -0.39 is 17.4 Å². The summed E-state index contributed by atoms with van der Waals surface area (Å²) in [5, 5.41) is 10.1. The summed E-state index contributed by atoms with van der Waals surface area (Å²) in [7, 11) is 0. The van der Waals surface area contributed by atoms with Crippen LogP contribution in [0, 0.1) is 5.82 Å². The van der Waals surface area contributed by atoms with E-state index in [0.717, 1.165) is 17.0 Å². The predicted octanol–water partition coefficient (Wildman–Crippen LogP) is 5.09. The Hall–Kier alpha value is -3.58. The normalized spacial score (nSPS) is 15.5. The van der Waals surface area contributed by atoms with Crippen molar-refractivity contribution in [2.45, 2.75) is 38.5 Å². The molecule has 7 heteroatoms. The second-order valence-electron chi connectivity index (χ2n) is 8.55. The van der Waals surface area contributed by atoms with Crippen LogP contribution in [-0.2, 0) is 22.4 Å². The Morgan fingerprint density at radius 2 is 1.80 bits per heavy atom. The van der Waals surface area contributed by atoms with E-state index in [1.807, 2.05) is 55.5 Å². The van der Waals surface area contributed by atoms with Crippen LogP contribution in [0.2, 0.25) is 0 Å². The van der Waals surface area contributed by atoms with Gasteiger partial charge in [-0.2, -0.15) is 0 Å². The van der Waals surface area contributed by atoms with E-state index >= 15 is 0 Å². The van der Waals surface area contributed by atoms with Crippen LogP contribution in [0.1, 0.15) is 25.0 Å². The summed E-state index contributed by atoms with van der Waals surface area (Å²) in [4.78, 5) is 14.5. The first kappa shape index (κ1) is 24.5. The number of carboxylic acids is 1. The third kappa shape index (κ3) is 5.57. The van der Waals surface area contributed by atoms with Crippen LogP contribution in [0.15, 0.2) is 72.8 Å². The van der Waals surface area contributed by atoms with E-state index in [1.54, 1.807) is 25.1 Å². The zero-order valence-electron chi connectivity index (χ0n) is 19.9. The minimum absolute atomic E-state index is 0.0748. The van der Waals surface area contributed by atoms with Crippen LogP contribution in [0.5, 0.6) is 11.5 Å². The molecule has 2 atom stereocenters. The second kappa shape index (κ2) is 10.8. The van der Waals surface area contributed by atoms with Gasteiger partial charge in [0, 0.05) is 19.4 Å². The Morgan fingerprint density at radius 3 is 2.51 bits per heavy atom. The van der Waals surface area contributed by atoms with Gasteiger partial charge in [0.15, 0.2) is 11.8 Å². The number of nitrogens with zero attached hydrogens (tertiary/aromatic N) is 1. The molecule has 3 aromatic carbocycles. The quantitative estimate of drug-likeness (QED) is 0.437. The molecule has 1 N–H and O–H groups in total. The van der Waals surface area contributed by atoms with Crippen molar-refractivity contribution in [1.82, 2.24) is 0 Å². The summed E-state index contributed by atoms with van der Waals surface area (Å²) in [5.41, 5.74) is 0.472. The number of carbonyl (C=O) groups is 1. The van der Waals surface area contributed by atoms with Crippen molar-refractivity contribution in [3.63, 3.8) is 0 Å². The molecule has 0 amide bonds. The molecule has 1 aliphatic heterocycles.